The van der Waals surface area contributed by atoms with E-state index in [2.05, 4.69) is 33.7 Å². The Balaban J connectivity index is 1.83. The first-order valence-corrected chi connectivity index (χ1v) is 9.56. The van der Waals surface area contributed by atoms with Gasteiger partial charge in [0, 0.05) is 5.92 Å². The number of nitriles is 1. The standard InChI is InChI=1S/C21H18N4OS/c1-13-4-3-5-15(8-13)18-17-9-14(11-22)6-7-16(17)10-21(18,2)19(26)24-20-25-23-12-27-20/h3-9,12,18H,10H2,1-2H3,(H,24,25,26)/t18-,21+/m0/s1. The molecule has 0 aliphatic heterocycles. The van der Waals surface area contributed by atoms with Crippen LogP contribution >= 0.6 is 11.3 Å². The molecule has 134 valence electrons. The molecule has 2 atom stereocenters. The number of amides is 1. The molecule has 3 aromatic rings. The van der Waals surface area contributed by atoms with Gasteiger partial charge in [-0.1, -0.05) is 47.2 Å². The smallest absolute Gasteiger partial charge is 0.233 e. The zero-order chi connectivity index (χ0) is 19.0. The SMILES string of the molecule is Cc1cccc([C@H]2c3cc(C#N)ccc3C[C@@]2(C)C(=O)Nc2nncs2)c1. The minimum atomic E-state index is -0.685. The molecule has 1 aromatic heterocycles. The molecule has 0 fully saturated rings. The van der Waals surface area contributed by atoms with Gasteiger partial charge in [-0.2, -0.15) is 5.26 Å². The van der Waals surface area contributed by atoms with Crippen LogP contribution in [0.2, 0.25) is 0 Å². The number of nitrogens with zero attached hydrogens (tertiary/aromatic N) is 3. The van der Waals surface area contributed by atoms with E-state index in [4.69, 9.17) is 0 Å². The van der Waals surface area contributed by atoms with Crippen LogP contribution in [0.4, 0.5) is 5.13 Å². The second-order valence-corrected chi connectivity index (χ2v) is 8.00. The molecule has 1 aliphatic rings. The Kier molecular flexibility index (Phi) is 4.25. The number of carbonyl (C=O) groups is 1. The van der Waals surface area contributed by atoms with Crippen LogP contribution in [0.3, 0.4) is 0 Å². The zero-order valence-electron chi connectivity index (χ0n) is 15.1. The van der Waals surface area contributed by atoms with Gasteiger partial charge < -0.3 is 5.32 Å². The van der Waals surface area contributed by atoms with Gasteiger partial charge in [0.05, 0.1) is 17.0 Å². The molecule has 1 N–H and O–H groups in total. The van der Waals surface area contributed by atoms with Crippen molar-refractivity contribution in [1.82, 2.24) is 10.2 Å². The van der Waals surface area contributed by atoms with Crippen LogP contribution in [0.5, 0.6) is 0 Å². The third kappa shape index (κ3) is 3.00. The van der Waals surface area contributed by atoms with Crippen LogP contribution in [0.25, 0.3) is 0 Å². The number of carbonyl (C=O) groups excluding carboxylic acids is 1. The lowest BCUT2D eigenvalue weighted by atomic mass is 9.73. The summed E-state index contributed by atoms with van der Waals surface area (Å²) in [5, 5.41) is 20.5. The largest absolute Gasteiger partial charge is 0.300 e. The summed E-state index contributed by atoms with van der Waals surface area (Å²) in [5.41, 5.74) is 5.90. The molecular weight excluding hydrogens is 356 g/mol. The van der Waals surface area contributed by atoms with Gasteiger partial charge in [0.2, 0.25) is 11.0 Å². The highest BCUT2D eigenvalue weighted by molar-refractivity contribution is 7.13. The number of aryl methyl sites for hydroxylation is 1. The van der Waals surface area contributed by atoms with Crippen molar-refractivity contribution < 1.29 is 4.79 Å². The van der Waals surface area contributed by atoms with Crippen molar-refractivity contribution in [3.63, 3.8) is 0 Å². The second kappa shape index (κ2) is 6.60. The van der Waals surface area contributed by atoms with E-state index in [1.807, 2.05) is 44.2 Å². The Bertz CT molecular complexity index is 1050. The molecule has 5 nitrogen and oxygen atoms in total. The maximum atomic E-state index is 13.3. The Labute approximate surface area is 161 Å². The summed E-state index contributed by atoms with van der Waals surface area (Å²) in [6.45, 7) is 4.03. The third-order valence-corrected chi connectivity index (χ3v) is 5.86. The van der Waals surface area contributed by atoms with Crippen molar-refractivity contribution in [2.24, 2.45) is 5.41 Å². The predicted molar refractivity (Wildman–Crippen MR) is 105 cm³/mol. The number of hydrogen-bond acceptors (Lipinski definition) is 5. The highest BCUT2D eigenvalue weighted by Gasteiger charge is 2.49. The summed E-state index contributed by atoms with van der Waals surface area (Å²) in [5.74, 6) is -0.214. The zero-order valence-corrected chi connectivity index (χ0v) is 15.9. The number of hydrogen-bond donors (Lipinski definition) is 1. The van der Waals surface area contributed by atoms with Gasteiger partial charge >= 0.3 is 0 Å². The Morgan fingerprint density at radius 1 is 1.33 bits per heavy atom. The molecule has 0 saturated heterocycles. The number of anilines is 1. The van der Waals surface area contributed by atoms with E-state index in [1.54, 1.807) is 5.51 Å². The lowest BCUT2D eigenvalue weighted by molar-refractivity contribution is -0.125. The van der Waals surface area contributed by atoms with E-state index < -0.39 is 5.41 Å². The second-order valence-electron chi connectivity index (χ2n) is 7.16. The number of rotatable bonds is 3. The Hall–Kier alpha value is -3.04. The summed E-state index contributed by atoms with van der Waals surface area (Å²) >= 11 is 1.30. The fourth-order valence-electron chi connectivity index (χ4n) is 4.01. The van der Waals surface area contributed by atoms with Crippen LogP contribution in [-0.2, 0) is 11.2 Å². The van der Waals surface area contributed by atoms with Gasteiger partial charge in [-0.15, -0.1) is 10.2 Å². The molecule has 27 heavy (non-hydrogen) atoms. The van der Waals surface area contributed by atoms with Gasteiger partial charge in [0.25, 0.3) is 0 Å². The van der Waals surface area contributed by atoms with Gasteiger partial charge in [0.15, 0.2) is 0 Å². The first-order chi connectivity index (χ1) is 13.0. The summed E-state index contributed by atoms with van der Waals surface area (Å²) in [6.07, 6.45) is 0.608. The first kappa shape index (κ1) is 17.4. The summed E-state index contributed by atoms with van der Waals surface area (Å²) in [6, 6.07) is 16.2. The predicted octanol–water partition coefficient (Wildman–Crippen LogP) is 4.05. The third-order valence-electron chi connectivity index (χ3n) is 5.26. The van der Waals surface area contributed by atoms with Crippen molar-refractivity contribution in [3.8, 4) is 6.07 Å². The summed E-state index contributed by atoms with van der Waals surface area (Å²) < 4.78 is 0. The molecule has 1 heterocycles. The Morgan fingerprint density at radius 2 is 2.19 bits per heavy atom. The van der Waals surface area contributed by atoms with Crippen molar-refractivity contribution in [2.45, 2.75) is 26.2 Å². The van der Waals surface area contributed by atoms with Crippen LogP contribution in [0, 0.1) is 23.7 Å². The van der Waals surface area contributed by atoms with E-state index >= 15 is 0 Å². The fraction of sp³-hybridized carbons (Fsp3) is 0.238. The van der Waals surface area contributed by atoms with Crippen LogP contribution in [0.15, 0.2) is 48.0 Å². The average molecular weight is 374 g/mol. The van der Waals surface area contributed by atoms with Crippen molar-refractivity contribution >= 4 is 22.4 Å². The molecule has 1 amide bonds. The van der Waals surface area contributed by atoms with Gasteiger partial charge in [-0.3, -0.25) is 4.79 Å². The number of aromatic nitrogens is 2. The molecule has 1 aliphatic carbocycles. The minimum Gasteiger partial charge on any atom is -0.300 e. The highest BCUT2D eigenvalue weighted by atomic mass is 32.1. The van der Waals surface area contributed by atoms with E-state index in [0.717, 1.165) is 22.3 Å². The van der Waals surface area contributed by atoms with E-state index in [1.165, 1.54) is 11.3 Å². The van der Waals surface area contributed by atoms with Crippen molar-refractivity contribution in [3.05, 3.63) is 75.8 Å². The minimum absolute atomic E-state index is 0.0829. The maximum absolute atomic E-state index is 13.3. The van der Waals surface area contributed by atoms with E-state index in [-0.39, 0.29) is 11.8 Å². The monoisotopic (exact) mass is 374 g/mol. The molecular formula is C21H18N4OS. The molecule has 0 radical (unpaired) electrons. The summed E-state index contributed by atoms with van der Waals surface area (Å²) in [4.78, 5) is 13.3. The van der Waals surface area contributed by atoms with E-state index in [0.29, 0.717) is 17.1 Å². The topological polar surface area (TPSA) is 78.7 Å². The molecule has 0 saturated carbocycles. The maximum Gasteiger partial charge on any atom is 0.233 e. The fourth-order valence-corrected chi connectivity index (χ4v) is 4.45. The molecule has 0 spiro atoms. The van der Waals surface area contributed by atoms with Gasteiger partial charge in [-0.25, -0.2) is 0 Å². The van der Waals surface area contributed by atoms with E-state index in [9.17, 15) is 10.1 Å². The molecule has 0 bridgehead atoms. The van der Waals surface area contributed by atoms with Gasteiger partial charge in [-0.05, 0) is 49.1 Å². The quantitative estimate of drug-likeness (QED) is 0.750. The van der Waals surface area contributed by atoms with Crippen LogP contribution < -0.4 is 5.32 Å². The molecule has 6 heteroatoms. The number of fused-ring (bicyclic) bond motifs is 1. The van der Waals surface area contributed by atoms with Crippen LogP contribution in [0.1, 0.15) is 40.7 Å². The van der Waals surface area contributed by atoms with Crippen molar-refractivity contribution in [1.29, 1.82) is 5.26 Å². The van der Waals surface area contributed by atoms with Gasteiger partial charge in [0.1, 0.15) is 5.51 Å². The highest BCUT2D eigenvalue weighted by Crippen LogP contribution is 2.51. The first-order valence-electron chi connectivity index (χ1n) is 8.68. The number of nitrogens with one attached hydrogen (secondary N) is 1. The van der Waals surface area contributed by atoms with Crippen molar-refractivity contribution in [2.75, 3.05) is 5.32 Å². The lowest BCUT2D eigenvalue weighted by Crippen LogP contribution is -2.37. The molecule has 2 aromatic carbocycles. The molecule has 4 rings (SSSR count). The Morgan fingerprint density at radius 3 is 2.89 bits per heavy atom. The normalized spacial score (nSPS) is 20.7. The van der Waals surface area contributed by atoms with Crippen LogP contribution in [-0.4, -0.2) is 16.1 Å². The molecule has 0 unspecified atom stereocenters. The summed E-state index contributed by atoms with van der Waals surface area (Å²) in [7, 11) is 0. The average Bonchev–Trinajstić information content (AvgIpc) is 3.26. The lowest BCUT2D eigenvalue weighted by Gasteiger charge is -2.31. The number of benzene rings is 2.